The summed E-state index contributed by atoms with van der Waals surface area (Å²) in [6.07, 6.45) is 2.30. The van der Waals surface area contributed by atoms with E-state index in [4.69, 9.17) is 16.8 Å². The van der Waals surface area contributed by atoms with Crippen molar-refractivity contribution in [1.29, 1.82) is 0 Å². The van der Waals surface area contributed by atoms with E-state index in [1.54, 1.807) is 0 Å². The van der Waals surface area contributed by atoms with E-state index in [9.17, 15) is 0 Å². The van der Waals surface area contributed by atoms with Gasteiger partial charge >= 0.3 is 8.56 Å². The molecule has 1 saturated heterocycles. The van der Waals surface area contributed by atoms with E-state index in [1.807, 2.05) is 0 Å². The van der Waals surface area contributed by atoms with Crippen molar-refractivity contribution >= 4 is 36.2 Å². The summed E-state index contributed by atoms with van der Waals surface area (Å²) in [5.41, 5.74) is 1.36. The third kappa shape index (κ3) is 7.59. The standard InChI is InChI=1S/C17H34O4Si4/c1-16(17-11-7-6-8-12-17)15-25(5)18-13-9-10-14-22(2)19-23(3)20-24(4)21-25/h6-8,11-12,16,22-24H,9-10,13-15H2,1-5H3. The molecule has 4 nitrogen and oxygen atoms in total. The molecule has 8 heteroatoms. The first-order chi connectivity index (χ1) is 11.9. The second kappa shape index (κ2) is 10.3. The molecule has 5 atom stereocenters. The molecule has 0 aromatic heterocycles. The molecule has 0 amide bonds. The fourth-order valence-corrected chi connectivity index (χ4v) is 16.7. The first kappa shape index (κ1) is 21.2. The molecule has 0 saturated carbocycles. The van der Waals surface area contributed by atoms with E-state index in [0.29, 0.717) is 5.92 Å². The van der Waals surface area contributed by atoms with Gasteiger partial charge in [-0.25, -0.2) is 0 Å². The highest BCUT2D eigenvalue weighted by atomic mass is 28.5. The molecule has 142 valence electrons. The molecule has 0 radical (unpaired) electrons. The molecule has 1 fully saturated rings. The summed E-state index contributed by atoms with van der Waals surface area (Å²) in [7, 11) is -6.60. The molecule has 5 unspecified atom stereocenters. The lowest BCUT2D eigenvalue weighted by atomic mass is 10.0. The predicted molar refractivity (Wildman–Crippen MR) is 114 cm³/mol. The minimum atomic E-state index is -2.25. The molecular weight excluding hydrogens is 381 g/mol. The van der Waals surface area contributed by atoms with Gasteiger partial charge in [-0.15, -0.1) is 0 Å². The molecule has 1 aromatic carbocycles. The fourth-order valence-electron chi connectivity index (χ4n) is 3.49. The summed E-state index contributed by atoms with van der Waals surface area (Å²) in [5, 5.41) is 0. The Hall–Kier alpha value is -0.0725. The molecule has 0 spiro atoms. The van der Waals surface area contributed by atoms with E-state index in [1.165, 1.54) is 18.0 Å². The minimum Gasteiger partial charge on any atom is -0.441 e. The number of rotatable bonds is 3. The molecule has 0 N–H and O–H groups in total. The molecule has 2 rings (SSSR count). The summed E-state index contributed by atoms with van der Waals surface area (Å²) in [6, 6.07) is 12.9. The maximum absolute atomic E-state index is 6.51. The summed E-state index contributed by atoms with van der Waals surface area (Å²) in [6.45, 7) is 11.9. The van der Waals surface area contributed by atoms with Gasteiger partial charge in [-0.3, -0.25) is 0 Å². The third-order valence-electron chi connectivity index (χ3n) is 4.68. The van der Waals surface area contributed by atoms with Gasteiger partial charge in [0, 0.05) is 6.61 Å². The van der Waals surface area contributed by atoms with Crippen LogP contribution in [0.4, 0.5) is 0 Å². The average Bonchev–Trinajstić information content (AvgIpc) is 2.53. The lowest BCUT2D eigenvalue weighted by Crippen LogP contribution is -2.47. The molecule has 0 bridgehead atoms. The van der Waals surface area contributed by atoms with Gasteiger partial charge in [-0.05, 0) is 56.2 Å². The zero-order chi connectivity index (χ0) is 18.3. The van der Waals surface area contributed by atoms with Crippen LogP contribution >= 0.6 is 0 Å². The van der Waals surface area contributed by atoms with Crippen molar-refractivity contribution in [3.8, 4) is 0 Å². The van der Waals surface area contributed by atoms with Crippen LogP contribution in [0.15, 0.2) is 30.3 Å². The van der Waals surface area contributed by atoms with Crippen molar-refractivity contribution in [2.45, 2.75) is 64.0 Å². The number of hydrogen-bond donors (Lipinski definition) is 0. The van der Waals surface area contributed by atoms with Gasteiger partial charge in [-0.1, -0.05) is 43.7 Å². The van der Waals surface area contributed by atoms with Crippen LogP contribution in [-0.2, 0) is 16.8 Å². The van der Waals surface area contributed by atoms with Crippen LogP contribution in [0.1, 0.15) is 31.2 Å². The fraction of sp³-hybridized carbons (Fsp3) is 0.647. The van der Waals surface area contributed by atoms with Crippen molar-refractivity contribution in [1.82, 2.24) is 0 Å². The predicted octanol–water partition coefficient (Wildman–Crippen LogP) is 3.78. The van der Waals surface area contributed by atoms with E-state index in [2.05, 4.69) is 63.4 Å². The minimum absolute atomic E-state index is 0.435. The molecule has 0 aliphatic carbocycles. The van der Waals surface area contributed by atoms with Gasteiger partial charge in [0.15, 0.2) is 9.04 Å². The highest BCUT2D eigenvalue weighted by Gasteiger charge is 2.37. The summed E-state index contributed by atoms with van der Waals surface area (Å²) < 4.78 is 25.3. The smallest absolute Gasteiger partial charge is 0.326 e. The largest absolute Gasteiger partial charge is 0.441 e. The van der Waals surface area contributed by atoms with E-state index in [0.717, 1.165) is 19.1 Å². The number of benzene rings is 1. The van der Waals surface area contributed by atoms with Crippen LogP contribution in [-0.4, -0.2) is 42.8 Å². The monoisotopic (exact) mass is 414 g/mol. The van der Waals surface area contributed by atoms with Crippen molar-refractivity contribution in [3.63, 3.8) is 0 Å². The molecule has 1 aromatic rings. The lowest BCUT2D eigenvalue weighted by Gasteiger charge is -2.34. The normalized spacial score (nSPS) is 33.9. The highest BCUT2D eigenvalue weighted by molar-refractivity contribution is 6.75. The van der Waals surface area contributed by atoms with Crippen molar-refractivity contribution in [2.24, 2.45) is 0 Å². The first-order valence-electron chi connectivity index (χ1n) is 9.55. The third-order valence-corrected chi connectivity index (χ3v) is 17.9. The quantitative estimate of drug-likeness (QED) is 0.705. The maximum Gasteiger partial charge on any atom is 0.326 e. The average molecular weight is 415 g/mol. The Kier molecular flexibility index (Phi) is 8.76. The Morgan fingerprint density at radius 3 is 2.48 bits per heavy atom. The summed E-state index contributed by atoms with van der Waals surface area (Å²) in [4.78, 5) is 0. The molecule has 1 aliphatic heterocycles. The van der Waals surface area contributed by atoms with Crippen molar-refractivity contribution in [3.05, 3.63) is 35.9 Å². The SMILES string of the molecule is CC(C[Si]1(C)OCCCC[SiH](C)O[SiH](C)O[SiH](C)O1)c1ccccc1. The summed E-state index contributed by atoms with van der Waals surface area (Å²) >= 11 is 0. The zero-order valence-corrected chi connectivity index (χ0v) is 20.8. The van der Waals surface area contributed by atoms with E-state index < -0.39 is 36.2 Å². The van der Waals surface area contributed by atoms with E-state index in [-0.39, 0.29) is 0 Å². The van der Waals surface area contributed by atoms with Crippen LogP contribution in [0, 0.1) is 0 Å². The van der Waals surface area contributed by atoms with Gasteiger partial charge in [0.25, 0.3) is 18.6 Å². The molecular formula is C17H34O4Si4. The van der Waals surface area contributed by atoms with Crippen LogP contribution in [0.2, 0.25) is 38.3 Å². The Balaban J connectivity index is 2.04. The Labute approximate surface area is 159 Å². The van der Waals surface area contributed by atoms with Crippen molar-refractivity contribution < 1.29 is 16.8 Å². The van der Waals surface area contributed by atoms with Crippen LogP contribution < -0.4 is 0 Å². The van der Waals surface area contributed by atoms with Gasteiger partial charge in [0.05, 0.1) is 0 Å². The molecule has 1 aliphatic rings. The van der Waals surface area contributed by atoms with Gasteiger partial charge in [0.2, 0.25) is 0 Å². The van der Waals surface area contributed by atoms with Gasteiger partial charge in [0.1, 0.15) is 0 Å². The van der Waals surface area contributed by atoms with Crippen LogP contribution in [0.3, 0.4) is 0 Å². The molecule has 25 heavy (non-hydrogen) atoms. The topological polar surface area (TPSA) is 36.9 Å². The second-order valence-electron chi connectivity index (χ2n) is 7.33. The van der Waals surface area contributed by atoms with Crippen LogP contribution in [0.5, 0.6) is 0 Å². The Morgan fingerprint density at radius 1 is 1.04 bits per heavy atom. The van der Waals surface area contributed by atoms with Gasteiger partial charge < -0.3 is 16.8 Å². The van der Waals surface area contributed by atoms with Crippen LogP contribution in [0.25, 0.3) is 0 Å². The highest BCUT2D eigenvalue weighted by Crippen LogP contribution is 2.29. The molecule has 1 heterocycles. The Bertz CT molecular complexity index is 507. The second-order valence-corrected chi connectivity index (χ2v) is 17.9. The van der Waals surface area contributed by atoms with Gasteiger partial charge in [-0.2, -0.15) is 0 Å². The summed E-state index contributed by atoms with van der Waals surface area (Å²) in [5.74, 6) is 0.435. The van der Waals surface area contributed by atoms with E-state index >= 15 is 0 Å². The van der Waals surface area contributed by atoms with Crippen molar-refractivity contribution in [2.75, 3.05) is 6.61 Å². The first-order valence-corrected chi connectivity index (χ1v) is 18.7. The zero-order valence-electron chi connectivity index (χ0n) is 16.4. The lowest BCUT2D eigenvalue weighted by molar-refractivity contribution is 0.221. The Morgan fingerprint density at radius 2 is 1.76 bits per heavy atom. The number of hydrogen-bond acceptors (Lipinski definition) is 4. The maximum atomic E-state index is 6.51.